The highest BCUT2D eigenvalue weighted by Gasteiger charge is 2.21. The van der Waals surface area contributed by atoms with Crippen molar-refractivity contribution in [1.82, 2.24) is 15.0 Å². The van der Waals surface area contributed by atoms with Crippen molar-refractivity contribution in [2.45, 2.75) is 33.3 Å². The molecule has 2 heterocycles. The van der Waals surface area contributed by atoms with Gasteiger partial charge in [-0.05, 0) is 65.1 Å². The van der Waals surface area contributed by atoms with Crippen molar-refractivity contribution in [3.05, 3.63) is 91.0 Å². The molecule has 1 N–H and O–H groups in total. The molecule has 202 valence electrons. The van der Waals surface area contributed by atoms with Gasteiger partial charge in [-0.25, -0.2) is 4.98 Å². The Kier molecular flexibility index (Phi) is 6.04. The molecule has 0 saturated carbocycles. The number of ether oxygens (including phenoxy) is 1. The molecule has 0 spiro atoms. The summed E-state index contributed by atoms with van der Waals surface area (Å²) < 4.78 is 12.7. The highest BCUT2D eigenvalue weighted by molar-refractivity contribution is 6.28. The number of hydrogen-bond acceptors (Lipinski definition) is 6. The molecule has 0 bridgehead atoms. The third-order valence-corrected chi connectivity index (χ3v) is 7.48. The molecule has 0 aliphatic heterocycles. The molecule has 1 atom stereocenters. The Labute approximate surface area is 237 Å². The molecule has 0 aliphatic rings. The number of aromatic nitrogens is 3. The van der Waals surface area contributed by atoms with E-state index in [1.807, 2.05) is 37.3 Å². The zero-order valence-corrected chi connectivity index (χ0v) is 23.1. The lowest BCUT2D eigenvalue weighted by Crippen LogP contribution is -2.16. The van der Waals surface area contributed by atoms with Crippen molar-refractivity contribution in [2.24, 2.45) is 5.92 Å². The summed E-state index contributed by atoms with van der Waals surface area (Å²) in [6, 6.07) is 30.0. The van der Waals surface area contributed by atoms with Crippen molar-refractivity contribution in [3.8, 4) is 34.5 Å². The first kappa shape index (κ1) is 25.0. The third kappa shape index (κ3) is 4.42. The summed E-state index contributed by atoms with van der Waals surface area (Å²) in [5.74, 6) is 1.35. The standard InChI is InChI=1S/C35H29N3O3/c1-20(2)18-21(3)40-35-37-33(26-14-8-9-15-28(26)39)36-34(38-35)27-19-30-32(25-13-7-6-12-24(25)27)31-23-11-5-4-10-22(23)16-17-29(31)41-30/h4-17,19-21,39H,18H2,1-3H3. The second kappa shape index (κ2) is 9.89. The molecular weight excluding hydrogens is 510 g/mol. The Morgan fingerprint density at radius 1 is 0.683 bits per heavy atom. The topological polar surface area (TPSA) is 81.3 Å². The van der Waals surface area contributed by atoms with Gasteiger partial charge in [0.05, 0.1) is 11.7 Å². The van der Waals surface area contributed by atoms with Gasteiger partial charge in [-0.1, -0.05) is 80.6 Å². The van der Waals surface area contributed by atoms with Crippen LogP contribution in [0.3, 0.4) is 0 Å². The summed E-state index contributed by atoms with van der Waals surface area (Å²) in [5, 5.41) is 17.2. The van der Waals surface area contributed by atoms with Gasteiger partial charge >= 0.3 is 6.01 Å². The largest absolute Gasteiger partial charge is 0.507 e. The van der Waals surface area contributed by atoms with E-state index >= 15 is 0 Å². The quantitative estimate of drug-likeness (QED) is 0.227. The fraction of sp³-hybridized carbons (Fsp3) is 0.171. The maximum Gasteiger partial charge on any atom is 0.320 e. The minimum atomic E-state index is -0.0923. The van der Waals surface area contributed by atoms with E-state index in [-0.39, 0.29) is 17.9 Å². The summed E-state index contributed by atoms with van der Waals surface area (Å²) in [5.41, 5.74) is 2.90. The van der Waals surface area contributed by atoms with Crippen LogP contribution in [0.1, 0.15) is 27.2 Å². The van der Waals surface area contributed by atoms with Gasteiger partial charge in [0.1, 0.15) is 16.9 Å². The number of para-hydroxylation sites is 1. The predicted molar refractivity (Wildman–Crippen MR) is 164 cm³/mol. The maximum atomic E-state index is 10.6. The van der Waals surface area contributed by atoms with E-state index < -0.39 is 0 Å². The third-order valence-electron chi connectivity index (χ3n) is 7.48. The number of aromatic hydroxyl groups is 1. The van der Waals surface area contributed by atoms with Crippen LogP contribution in [0.15, 0.2) is 95.4 Å². The fourth-order valence-electron chi connectivity index (χ4n) is 5.79. The van der Waals surface area contributed by atoms with Gasteiger partial charge in [0.15, 0.2) is 11.6 Å². The van der Waals surface area contributed by atoms with Crippen molar-refractivity contribution >= 4 is 43.5 Å². The Bertz CT molecular complexity index is 2080. The van der Waals surface area contributed by atoms with Gasteiger partial charge in [0, 0.05) is 16.3 Å². The number of benzene rings is 5. The lowest BCUT2D eigenvalue weighted by molar-refractivity contribution is 0.177. The molecule has 1 unspecified atom stereocenters. The molecule has 0 aliphatic carbocycles. The Morgan fingerprint density at radius 3 is 2.12 bits per heavy atom. The lowest BCUT2D eigenvalue weighted by Gasteiger charge is -2.16. The van der Waals surface area contributed by atoms with Crippen LogP contribution in [0, 0.1) is 5.92 Å². The Hall–Kier alpha value is -4.97. The maximum absolute atomic E-state index is 10.6. The second-order valence-corrected chi connectivity index (χ2v) is 10.9. The molecule has 0 amide bonds. The normalized spacial score (nSPS) is 12.6. The number of nitrogens with zero attached hydrogens (tertiary/aromatic N) is 3. The average Bonchev–Trinajstić information content (AvgIpc) is 3.36. The summed E-state index contributed by atoms with van der Waals surface area (Å²) in [6.45, 7) is 6.33. The van der Waals surface area contributed by atoms with Crippen LogP contribution in [0.2, 0.25) is 0 Å². The van der Waals surface area contributed by atoms with Crippen LogP contribution in [-0.4, -0.2) is 26.2 Å². The zero-order valence-electron chi connectivity index (χ0n) is 23.1. The molecule has 2 aromatic heterocycles. The number of fused-ring (bicyclic) bond motifs is 7. The minimum Gasteiger partial charge on any atom is -0.507 e. The molecule has 41 heavy (non-hydrogen) atoms. The van der Waals surface area contributed by atoms with Crippen LogP contribution in [-0.2, 0) is 0 Å². The van der Waals surface area contributed by atoms with Gasteiger partial charge < -0.3 is 14.3 Å². The van der Waals surface area contributed by atoms with Gasteiger partial charge in [0.25, 0.3) is 0 Å². The SMILES string of the molecule is CC(C)CC(C)Oc1nc(-c2ccccc2O)nc(-c2cc3oc4ccc5ccccc5c4c3c3ccccc23)n1. The van der Waals surface area contributed by atoms with Crippen molar-refractivity contribution in [1.29, 1.82) is 0 Å². The molecule has 6 nitrogen and oxygen atoms in total. The van der Waals surface area contributed by atoms with E-state index in [1.54, 1.807) is 18.2 Å². The van der Waals surface area contributed by atoms with Crippen LogP contribution in [0.25, 0.3) is 66.3 Å². The van der Waals surface area contributed by atoms with E-state index in [0.29, 0.717) is 23.1 Å². The van der Waals surface area contributed by atoms with Gasteiger partial charge in [-0.2, -0.15) is 9.97 Å². The molecule has 5 aromatic carbocycles. The molecular formula is C35H29N3O3. The highest BCUT2D eigenvalue weighted by Crippen LogP contribution is 2.42. The second-order valence-electron chi connectivity index (χ2n) is 10.9. The minimum absolute atomic E-state index is 0.0923. The first-order chi connectivity index (χ1) is 20.0. The molecule has 0 saturated heterocycles. The van der Waals surface area contributed by atoms with Crippen molar-refractivity contribution in [3.63, 3.8) is 0 Å². The molecule has 0 fully saturated rings. The molecule has 6 heteroatoms. The van der Waals surface area contributed by atoms with Gasteiger partial charge in [0.2, 0.25) is 0 Å². The van der Waals surface area contributed by atoms with Gasteiger partial charge in [-0.15, -0.1) is 0 Å². The monoisotopic (exact) mass is 539 g/mol. The van der Waals surface area contributed by atoms with E-state index in [4.69, 9.17) is 19.1 Å². The van der Waals surface area contributed by atoms with E-state index in [9.17, 15) is 5.11 Å². The summed E-state index contributed by atoms with van der Waals surface area (Å²) in [6.07, 6.45) is 0.764. The Balaban J connectivity index is 1.50. The number of phenolic OH excluding ortho intramolecular Hbond substituents is 1. The van der Waals surface area contributed by atoms with Crippen LogP contribution < -0.4 is 4.74 Å². The van der Waals surface area contributed by atoms with Crippen LogP contribution >= 0.6 is 0 Å². The van der Waals surface area contributed by atoms with E-state index in [1.165, 1.54) is 0 Å². The summed E-state index contributed by atoms with van der Waals surface area (Å²) in [7, 11) is 0. The summed E-state index contributed by atoms with van der Waals surface area (Å²) >= 11 is 0. The average molecular weight is 540 g/mol. The molecule has 7 rings (SSSR count). The first-order valence-corrected chi connectivity index (χ1v) is 13.9. The van der Waals surface area contributed by atoms with Crippen LogP contribution in [0.4, 0.5) is 0 Å². The number of furan rings is 1. The van der Waals surface area contributed by atoms with Crippen molar-refractivity contribution in [2.75, 3.05) is 0 Å². The highest BCUT2D eigenvalue weighted by atomic mass is 16.5. The fourth-order valence-corrected chi connectivity index (χ4v) is 5.79. The number of phenols is 1. The van der Waals surface area contributed by atoms with E-state index in [0.717, 1.165) is 55.5 Å². The number of hydrogen-bond donors (Lipinski definition) is 1. The van der Waals surface area contributed by atoms with Crippen LogP contribution in [0.5, 0.6) is 11.8 Å². The molecule has 0 radical (unpaired) electrons. The summed E-state index contributed by atoms with van der Waals surface area (Å²) in [4.78, 5) is 14.3. The van der Waals surface area contributed by atoms with Crippen molar-refractivity contribution < 1.29 is 14.3 Å². The smallest absolute Gasteiger partial charge is 0.320 e. The lowest BCUT2D eigenvalue weighted by atomic mass is 9.96. The Morgan fingerprint density at radius 2 is 1.34 bits per heavy atom. The molecule has 7 aromatic rings. The predicted octanol–water partition coefficient (Wildman–Crippen LogP) is 8.93. The number of rotatable bonds is 6. The first-order valence-electron chi connectivity index (χ1n) is 13.9. The van der Waals surface area contributed by atoms with Gasteiger partial charge in [-0.3, -0.25) is 0 Å². The van der Waals surface area contributed by atoms with E-state index in [2.05, 4.69) is 61.3 Å². The zero-order chi connectivity index (χ0) is 28.1.